The number of amides is 1. The van der Waals surface area contributed by atoms with Crippen molar-refractivity contribution in [1.29, 1.82) is 0 Å². The molecule has 1 heterocycles. The highest BCUT2D eigenvalue weighted by molar-refractivity contribution is 6.06. The lowest BCUT2D eigenvalue weighted by atomic mass is 10.1. The predicted molar refractivity (Wildman–Crippen MR) is 102 cm³/mol. The highest BCUT2D eigenvalue weighted by Gasteiger charge is 2.21. The Bertz CT molecular complexity index is 940. The molecule has 0 atom stereocenters. The van der Waals surface area contributed by atoms with Crippen molar-refractivity contribution in [2.75, 3.05) is 36.5 Å². The van der Waals surface area contributed by atoms with E-state index in [0.29, 0.717) is 43.2 Å². The number of benzene rings is 2. The Labute approximate surface area is 160 Å². The summed E-state index contributed by atoms with van der Waals surface area (Å²) >= 11 is 0. The molecule has 0 radical (unpaired) electrons. The van der Waals surface area contributed by atoms with Gasteiger partial charge in [0.15, 0.2) is 0 Å². The molecule has 28 heavy (non-hydrogen) atoms. The molecule has 0 unspecified atom stereocenters. The van der Waals surface area contributed by atoms with Crippen LogP contribution in [-0.2, 0) is 4.74 Å². The number of nitrogens with one attached hydrogen (secondary N) is 1. The van der Waals surface area contributed by atoms with E-state index in [9.17, 15) is 25.0 Å². The van der Waals surface area contributed by atoms with Crippen LogP contribution in [0.25, 0.3) is 0 Å². The average Bonchev–Trinajstić information content (AvgIpc) is 2.68. The number of aryl methyl sites for hydroxylation is 1. The number of nitrogens with zero attached hydrogens (tertiary/aromatic N) is 3. The molecule has 0 aliphatic carbocycles. The molecule has 146 valence electrons. The number of nitro groups is 2. The quantitative estimate of drug-likeness (QED) is 0.618. The third-order valence-corrected chi connectivity index (χ3v) is 4.45. The maximum absolute atomic E-state index is 12.6. The first kappa shape index (κ1) is 19.2. The normalized spacial score (nSPS) is 13.8. The number of rotatable bonds is 5. The molecule has 1 N–H and O–H groups in total. The predicted octanol–water partition coefficient (Wildman–Crippen LogP) is 2.90. The van der Waals surface area contributed by atoms with Gasteiger partial charge in [-0.05, 0) is 25.1 Å². The molecule has 0 aromatic heterocycles. The summed E-state index contributed by atoms with van der Waals surface area (Å²) in [5.41, 5.74) is 1.44. The van der Waals surface area contributed by atoms with Gasteiger partial charge in [-0.25, -0.2) is 0 Å². The molecule has 0 saturated carbocycles. The summed E-state index contributed by atoms with van der Waals surface area (Å²) in [5.74, 6) is -0.457. The van der Waals surface area contributed by atoms with Crippen LogP contribution in [-0.4, -0.2) is 42.1 Å². The molecule has 2 aromatic carbocycles. The zero-order chi connectivity index (χ0) is 20.3. The lowest BCUT2D eigenvalue weighted by molar-refractivity contribution is -0.385. The number of hydrogen-bond donors (Lipinski definition) is 1. The van der Waals surface area contributed by atoms with Crippen LogP contribution in [0.4, 0.5) is 22.7 Å². The van der Waals surface area contributed by atoms with Gasteiger partial charge in [0.05, 0.1) is 34.4 Å². The zero-order valence-electron chi connectivity index (χ0n) is 15.1. The molecule has 1 aliphatic heterocycles. The average molecular weight is 386 g/mol. The van der Waals surface area contributed by atoms with Gasteiger partial charge in [0.1, 0.15) is 0 Å². The van der Waals surface area contributed by atoms with E-state index in [-0.39, 0.29) is 16.9 Å². The van der Waals surface area contributed by atoms with Crippen LogP contribution in [0.15, 0.2) is 36.4 Å². The lowest BCUT2D eigenvalue weighted by Gasteiger charge is -2.30. The minimum atomic E-state index is -0.510. The van der Waals surface area contributed by atoms with Crippen LogP contribution in [0, 0.1) is 27.2 Å². The van der Waals surface area contributed by atoms with Gasteiger partial charge in [0, 0.05) is 42.4 Å². The Hall–Kier alpha value is -3.53. The molecule has 0 bridgehead atoms. The van der Waals surface area contributed by atoms with Crippen LogP contribution in [0.5, 0.6) is 0 Å². The van der Waals surface area contributed by atoms with E-state index in [1.54, 1.807) is 6.92 Å². The number of carbonyl (C=O) groups is 1. The van der Waals surface area contributed by atoms with E-state index in [1.807, 2.05) is 4.90 Å². The molecule has 10 nitrogen and oxygen atoms in total. The van der Waals surface area contributed by atoms with Gasteiger partial charge in [0.25, 0.3) is 17.3 Å². The van der Waals surface area contributed by atoms with Gasteiger partial charge in [-0.2, -0.15) is 0 Å². The van der Waals surface area contributed by atoms with E-state index in [1.165, 1.54) is 36.4 Å². The first-order valence-electron chi connectivity index (χ1n) is 8.54. The number of ether oxygens (including phenoxy) is 1. The van der Waals surface area contributed by atoms with Crippen molar-refractivity contribution < 1.29 is 19.4 Å². The molecule has 2 aromatic rings. The fourth-order valence-corrected chi connectivity index (χ4v) is 3.00. The number of morpholine rings is 1. The smallest absolute Gasteiger partial charge is 0.272 e. The number of carbonyl (C=O) groups excluding carboxylic acids is 1. The largest absolute Gasteiger partial charge is 0.378 e. The molecular weight excluding hydrogens is 368 g/mol. The van der Waals surface area contributed by atoms with Crippen molar-refractivity contribution in [3.8, 4) is 0 Å². The summed E-state index contributed by atoms with van der Waals surface area (Å²) in [6.45, 7) is 3.61. The van der Waals surface area contributed by atoms with E-state index in [4.69, 9.17) is 4.74 Å². The van der Waals surface area contributed by atoms with Gasteiger partial charge in [-0.1, -0.05) is 0 Å². The highest BCUT2D eigenvalue weighted by atomic mass is 16.6. The Morgan fingerprint density at radius 2 is 1.79 bits per heavy atom. The van der Waals surface area contributed by atoms with Crippen LogP contribution in [0.3, 0.4) is 0 Å². The first-order valence-corrected chi connectivity index (χ1v) is 8.54. The summed E-state index contributed by atoms with van der Waals surface area (Å²) in [6, 6.07) is 8.32. The summed E-state index contributed by atoms with van der Waals surface area (Å²) in [5, 5.41) is 24.8. The Balaban J connectivity index is 1.90. The van der Waals surface area contributed by atoms with E-state index in [0.717, 1.165) is 0 Å². The molecule has 10 heteroatoms. The van der Waals surface area contributed by atoms with Crippen LogP contribution < -0.4 is 10.2 Å². The second-order valence-electron chi connectivity index (χ2n) is 6.27. The van der Waals surface area contributed by atoms with Crippen LogP contribution in [0.1, 0.15) is 15.9 Å². The van der Waals surface area contributed by atoms with Crippen molar-refractivity contribution in [2.45, 2.75) is 6.92 Å². The van der Waals surface area contributed by atoms with Crippen molar-refractivity contribution in [1.82, 2.24) is 0 Å². The maximum Gasteiger partial charge on any atom is 0.272 e. The summed E-state index contributed by atoms with van der Waals surface area (Å²) in [7, 11) is 0. The van der Waals surface area contributed by atoms with Gasteiger partial charge in [-0.3, -0.25) is 25.0 Å². The summed E-state index contributed by atoms with van der Waals surface area (Å²) in [6.07, 6.45) is 0. The lowest BCUT2D eigenvalue weighted by Crippen LogP contribution is -2.36. The Morgan fingerprint density at radius 3 is 2.39 bits per heavy atom. The summed E-state index contributed by atoms with van der Waals surface area (Å²) < 4.78 is 5.31. The van der Waals surface area contributed by atoms with E-state index in [2.05, 4.69) is 5.32 Å². The maximum atomic E-state index is 12.6. The number of nitro benzene ring substituents is 2. The Morgan fingerprint density at radius 1 is 1.07 bits per heavy atom. The fourth-order valence-electron chi connectivity index (χ4n) is 3.00. The highest BCUT2D eigenvalue weighted by Crippen LogP contribution is 2.31. The molecule has 0 spiro atoms. The number of anilines is 2. The minimum absolute atomic E-state index is 0.0686. The molecule has 1 fully saturated rings. The molecule has 3 rings (SSSR count). The standard InChI is InChI=1S/C18H18N4O6/c1-12-10-13(2-5-16(12)22(26)27)18(23)19-15-4-3-14(21(24)25)11-17(15)20-6-8-28-9-7-20/h2-5,10-11H,6-9H2,1H3,(H,19,23). The molecular formula is C18H18N4O6. The third kappa shape index (κ3) is 4.07. The second-order valence-corrected chi connectivity index (χ2v) is 6.27. The molecule has 1 aliphatic rings. The molecule has 1 amide bonds. The number of hydrogen-bond acceptors (Lipinski definition) is 7. The van der Waals surface area contributed by atoms with Crippen LogP contribution >= 0.6 is 0 Å². The minimum Gasteiger partial charge on any atom is -0.378 e. The van der Waals surface area contributed by atoms with E-state index < -0.39 is 15.8 Å². The monoisotopic (exact) mass is 386 g/mol. The van der Waals surface area contributed by atoms with Crippen molar-refractivity contribution >= 4 is 28.7 Å². The second kappa shape index (κ2) is 8.01. The summed E-state index contributed by atoms with van der Waals surface area (Å²) in [4.78, 5) is 35.6. The topological polar surface area (TPSA) is 128 Å². The Kier molecular flexibility index (Phi) is 5.50. The zero-order valence-corrected chi connectivity index (χ0v) is 15.1. The van der Waals surface area contributed by atoms with Gasteiger partial charge in [0.2, 0.25) is 0 Å². The van der Waals surface area contributed by atoms with Gasteiger partial charge < -0.3 is 15.0 Å². The van der Waals surface area contributed by atoms with E-state index >= 15 is 0 Å². The SMILES string of the molecule is Cc1cc(C(=O)Nc2ccc([N+](=O)[O-])cc2N2CCOCC2)ccc1[N+](=O)[O-]. The van der Waals surface area contributed by atoms with Gasteiger partial charge >= 0.3 is 0 Å². The van der Waals surface area contributed by atoms with Crippen molar-refractivity contribution in [3.63, 3.8) is 0 Å². The van der Waals surface area contributed by atoms with Crippen molar-refractivity contribution in [2.24, 2.45) is 0 Å². The van der Waals surface area contributed by atoms with Crippen LogP contribution in [0.2, 0.25) is 0 Å². The third-order valence-electron chi connectivity index (χ3n) is 4.45. The number of non-ortho nitro benzene ring substituents is 1. The first-order chi connectivity index (χ1) is 13.4. The van der Waals surface area contributed by atoms with Crippen molar-refractivity contribution in [3.05, 3.63) is 67.8 Å². The molecule has 1 saturated heterocycles. The van der Waals surface area contributed by atoms with Gasteiger partial charge in [-0.15, -0.1) is 0 Å². The fraction of sp³-hybridized carbons (Fsp3) is 0.278.